The first kappa shape index (κ1) is 14.3. The van der Waals surface area contributed by atoms with Crippen molar-refractivity contribution in [2.24, 2.45) is 5.10 Å². The van der Waals surface area contributed by atoms with Gasteiger partial charge < -0.3 is 4.90 Å². The molecule has 1 saturated heterocycles. The SMILES string of the molecule is Cc1cc(=O)[nH]c(N/N=C/c2ccc(N3CCCC3)cc2)n1. The number of hydrogen-bond acceptors (Lipinski definition) is 5. The van der Waals surface area contributed by atoms with E-state index >= 15 is 0 Å². The number of benzene rings is 1. The number of anilines is 2. The van der Waals surface area contributed by atoms with Gasteiger partial charge in [0.1, 0.15) is 0 Å². The molecule has 0 radical (unpaired) electrons. The Morgan fingerprint density at radius 1 is 1.27 bits per heavy atom. The number of nitrogens with zero attached hydrogens (tertiary/aromatic N) is 3. The third kappa shape index (κ3) is 3.52. The van der Waals surface area contributed by atoms with E-state index in [0.717, 1.165) is 18.7 Å². The van der Waals surface area contributed by atoms with Crippen molar-refractivity contribution in [1.29, 1.82) is 0 Å². The summed E-state index contributed by atoms with van der Waals surface area (Å²) in [6.45, 7) is 4.05. The fourth-order valence-electron chi connectivity index (χ4n) is 2.55. The molecule has 0 spiro atoms. The lowest BCUT2D eigenvalue weighted by molar-refractivity contribution is 0.949. The van der Waals surface area contributed by atoms with Gasteiger partial charge in [-0.2, -0.15) is 5.10 Å². The van der Waals surface area contributed by atoms with E-state index in [-0.39, 0.29) is 5.56 Å². The molecular weight excluding hydrogens is 278 g/mol. The summed E-state index contributed by atoms with van der Waals surface area (Å²) in [5.41, 5.74) is 5.44. The zero-order chi connectivity index (χ0) is 15.4. The highest BCUT2D eigenvalue weighted by molar-refractivity contribution is 5.80. The average molecular weight is 297 g/mol. The molecular formula is C16H19N5O. The van der Waals surface area contributed by atoms with E-state index in [9.17, 15) is 4.79 Å². The number of H-pyrrole nitrogens is 1. The summed E-state index contributed by atoms with van der Waals surface area (Å²) in [6.07, 6.45) is 4.25. The number of aryl methyl sites for hydroxylation is 1. The molecule has 2 heterocycles. The first-order valence-corrected chi connectivity index (χ1v) is 7.43. The summed E-state index contributed by atoms with van der Waals surface area (Å²) < 4.78 is 0. The predicted molar refractivity (Wildman–Crippen MR) is 88.7 cm³/mol. The van der Waals surface area contributed by atoms with Gasteiger partial charge in [0.15, 0.2) is 0 Å². The van der Waals surface area contributed by atoms with Crippen molar-refractivity contribution in [2.75, 3.05) is 23.4 Å². The smallest absolute Gasteiger partial charge is 0.252 e. The third-order valence-electron chi connectivity index (χ3n) is 3.62. The van der Waals surface area contributed by atoms with Gasteiger partial charge in [-0.05, 0) is 37.5 Å². The molecule has 1 aromatic carbocycles. The van der Waals surface area contributed by atoms with Crippen LogP contribution in [0.1, 0.15) is 24.1 Å². The van der Waals surface area contributed by atoms with E-state index in [0.29, 0.717) is 11.6 Å². The number of aromatic amines is 1. The highest BCUT2D eigenvalue weighted by Gasteiger charge is 2.11. The summed E-state index contributed by atoms with van der Waals surface area (Å²) >= 11 is 0. The van der Waals surface area contributed by atoms with Crippen molar-refractivity contribution in [1.82, 2.24) is 9.97 Å². The minimum Gasteiger partial charge on any atom is -0.372 e. The van der Waals surface area contributed by atoms with Gasteiger partial charge in [-0.1, -0.05) is 12.1 Å². The second-order valence-electron chi connectivity index (χ2n) is 5.39. The lowest BCUT2D eigenvalue weighted by Crippen LogP contribution is -2.17. The van der Waals surface area contributed by atoms with Gasteiger partial charge in [0.25, 0.3) is 5.56 Å². The molecule has 1 aromatic heterocycles. The normalized spacial score (nSPS) is 14.7. The molecule has 114 valence electrons. The Hall–Kier alpha value is -2.63. The van der Waals surface area contributed by atoms with Crippen LogP contribution in [0.4, 0.5) is 11.6 Å². The molecule has 2 aromatic rings. The zero-order valence-corrected chi connectivity index (χ0v) is 12.5. The van der Waals surface area contributed by atoms with Crippen molar-refractivity contribution in [2.45, 2.75) is 19.8 Å². The Bertz CT molecular complexity index is 714. The van der Waals surface area contributed by atoms with Gasteiger partial charge >= 0.3 is 0 Å². The highest BCUT2D eigenvalue weighted by atomic mass is 16.1. The standard InChI is InChI=1S/C16H19N5O/c1-12-10-15(22)19-16(18-12)20-17-11-13-4-6-14(7-5-13)21-8-2-3-9-21/h4-7,10-11H,2-3,8-9H2,1H3,(H2,18,19,20,22)/b17-11+. The highest BCUT2D eigenvalue weighted by Crippen LogP contribution is 2.19. The van der Waals surface area contributed by atoms with E-state index in [1.807, 2.05) is 12.1 Å². The number of hydrogen-bond donors (Lipinski definition) is 2. The van der Waals surface area contributed by atoms with Crippen molar-refractivity contribution >= 4 is 17.9 Å². The number of hydrazone groups is 1. The topological polar surface area (TPSA) is 73.4 Å². The van der Waals surface area contributed by atoms with E-state index < -0.39 is 0 Å². The largest absolute Gasteiger partial charge is 0.372 e. The Balaban J connectivity index is 1.63. The van der Waals surface area contributed by atoms with Crippen LogP contribution in [0.3, 0.4) is 0 Å². The maximum atomic E-state index is 11.3. The van der Waals surface area contributed by atoms with Gasteiger partial charge in [0, 0.05) is 30.5 Å². The molecule has 1 fully saturated rings. The summed E-state index contributed by atoms with van der Waals surface area (Å²) in [5, 5.41) is 4.10. The molecule has 22 heavy (non-hydrogen) atoms. The zero-order valence-electron chi connectivity index (χ0n) is 12.5. The summed E-state index contributed by atoms with van der Waals surface area (Å²) in [6, 6.07) is 9.72. The second kappa shape index (κ2) is 6.43. The van der Waals surface area contributed by atoms with Crippen molar-refractivity contribution in [3.63, 3.8) is 0 Å². The van der Waals surface area contributed by atoms with E-state index in [1.165, 1.54) is 24.6 Å². The molecule has 0 aliphatic carbocycles. The van der Waals surface area contributed by atoms with E-state index in [1.54, 1.807) is 13.1 Å². The molecule has 1 aliphatic rings. The lowest BCUT2D eigenvalue weighted by atomic mass is 10.2. The van der Waals surface area contributed by atoms with Crippen LogP contribution in [-0.4, -0.2) is 29.3 Å². The number of nitrogens with one attached hydrogen (secondary N) is 2. The minimum absolute atomic E-state index is 0.194. The van der Waals surface area contributed by atoms with Crippen LogP contribution in [0.2, 0.25) is 0 Å². The Kier molecular flexibility index (Phi) is 4.18. The molecule has 6 nitrogen and oxygen atoms in total. The van der Waals surface area contributed by atoms with Gasteiger partial charge in [-0.15, -0.1) is 0 Å². The molecule has 6 heteroatoms. The first-order chi connectivity index (χ1) is 10.7. The van der Waals surface area contributed by atoms with Crippen LogP contribution in [0.5, 0.6) is 0 Å². The molecule has 0 atom stereocenters. The summed E-state index contributed by atoms with van der Waals surface area (Å²) in [4.78, 5) is 20.4. The molecule has 0 amide bonds. The molecule has 0 bridgehead atoms. The van der Waals surface area contributed by atoms with Gasteiger partial charge in [0.05, 0.1) is 6.21 Å². The van der Waals surface area contributed by atoms with Gasteiger partial charge in [-0.3, -0.25) is 9.78 Å². The molecule has 0 unspecified atom stereocenters. The Morgan fingerprint density at radius 3 is 2.68 bits per heavy atom. The van der Waals surface area contributed by atoms with Crippen LogP contribution in [0.25, 0.3) is 0 Å². The van der Waals surface area contributed by atoms with Crippen molar-refractivity contribution in [3.05, 3.63) is 51.9 Å². The second-order valence-corrected chi connectivity index (χ2v) is 5.39. The molecule has 0 saturated carbocycles. The molecule has 1 aliphatic heterocycles. The van der Waals surface area contributed by atoms with E-state index in [4.69, 9.17) is 0 Å². The van der Waals surface area contributed by atoms with Crippen LogP contribution >= 0.6 is 0 Å². The van der Waals surface area contributed by atoms with Crippen LogP contribution < -0.4 is 15.9 Å². The van der Waals surface area contributed by atoms with Crippen LogP contribution in [0.15, 0.2) is 40.2 Å². The van der Waals surface area contributed by atoms with E-state index in [2.05, 4.69) is 37.5 Å². The van der Waals surface area contributed by atoms with Crippen LogP contribution in [0, 0.1) is 6.92 Å². The number of aromatic nitrogens is 2. The minimum atomic E-state index is -0.194. The van der Waals surface area contributed by atoms with Crippen LogP contribution in [-0.2, 0) is 0 Å². The van der Waals surface area contributed by atoms with Crippen molar-refractivity contribution in [3.8, 4) is 0 Å². The third-order valence-corrected chi connectivity index (χ3v) is 3.62. The monoisotopic (exact) mass is 297 g/mol. The maximum absolute atomic E-state index is 11.3. The lowest BCUT2D eigenvalue weighted by Gasteiger charge is -2.17. The van der Waals surface area contributed by atoms with Gasteiger partial charge in [-0.25, -0.2) is 10.4 Å². The average Bonchev–Trinajstić information content (AvgIpc) is 3.01. The fraction of sp³-hybridized carbons (Fsp3) is 0.312. The van der Waals surface area contributed by atoms with Gasteiger partial charge in [0.2, 0.25) is 5.95 Å². The number of rotatable bonds is 4. The fourth-order valence-corrected chi connectivity index (χ4v) is 2.55. The Morgan fingerprint density at radius 2 is 2.00 bits per heavy atom. The Labute approximate surface area is 128 Å². The van der Waals surface area contributed by atoms with Crippen molar-refractivity contribution < 1.29 is 0 Å². The summed E-state index contributed by atoms with van der Waals surface area (Å²) in [7, 11) is 0. The quantitative estimate of drug-likeness (QED) is 0.670. The molecule has 3 rings (SSSR count). The summed E-state index contributed by atoms with van der Waals surface area (Å²) in [5.74, 6) is 0.343. The molecule has 2 N–H and O–H groups in total. The predicted octanol–water partition coefficient (Wildman–Crippen LogP) is 2.12. The maximum Gasteiger partial charge on any atom is 0.252 e. The first-order valence-electron chi connectivity index (χ1n) is 7.43.